The molecule has 0 spiro atoms. The van der Waals surface area contributed by atoms with Crippen LogP contribution in [0.2, 0.25) is 0 Å². The van der Waals surface area contributed by atoms with Crippen LogP contribution in [0.3, 0.4) is 0 Å². The maximum Gasteiger partial charge on any atom is 0.241 e. The second-order valence-corrected chi connectivity index (χ2v) is 12.3. The molecule has 0 aliphatic rings. The maximum atomic E-state index is 13.8. The Labute approximate surface area is 219 Å². The fourth-order valence-corrected chi connectivity index (χ4v) is 7.44. The van der Waals surface area contributed by atoms with E-state index in [0.717, 1.165) is 21.4 Å². The smallest absolute Gasteiger partial charge is 0.241 e. The highest BCUT2D eigenvalue weighted by Gasteiger charge is 2.37. The number of nitrogens with one attached hydrogen (secondary N) is 1. The van der Waals surface area contributed by atoms with Crippen molar-refractivity contribution < 1.29 is 21.3 Å². The number of aromatic nitrogens is 3. The number of thiol groups is 1. The zero-order chi connectivity index (χ0) is 26.0. The van der Waals surface area contributed by atoms with Gasteiger partial charge in [0.25, 0.3) is 0 Å². The summed E-state index contributed by atoms with van der Waals surface area (Å²) in [5.74, 6) is -0.454. The van der Waals surface area contributed by atoms with Crippen LogP contribution in [-0.4, -0.2) is 32.0 Å². The molecule has 3 aromatic carbocycles. The monoisotopic (exact) mass is 554 g/mol. The minimum atomic E-state index is -3.92. The Bertz CT molecular complexity index is 1740. The first-order valence-corrected chi connectivity index (χ1v) is 14.9. The predicted molar refractivity (Wildman–Crippen MR) is 142 cm³/mol. The molecule has 190 valence electrons. The summed E-state index contributed by atoms with van der Waals surface area (Å²) in [6.45, 7) is 1.61. The minimum absolute atomic E-state index is 0.0437. The van der Waals surface area contributed by atoms with Crippen molar-refractivity contribution in [3.63, 3.8) is 0 Å². The molecule has 0 aliphatic heterocycles. The van der Waals surface area contributed by atoms with Gasteiger partial charge < -0.3 is 4.42 Å². The molecule has 5 aromatic rings. The van der Waals surface area contributed by atoms with Gasteiger partial charge in [-0.05, 0) is 41.3 Å². The molecular formula is C25H22N4O5S3. The van der Waals surface area contributed by atoms with Gasteiger partial charge in [-0.25, -0.2) is 26.5 Å². The Balaban J connectivity index is 1.58. The highest BCUT2D eigenvalue weighted by molar-refractivity contribution is 7.91. The molecule has 0 aliphatic carbocycles. The van der Waals surface area contributed by atoms with Gasteiger partial charge in [-0.1, -0.05) is 60.7 Å². The number of fused-ring (bicyclic) bond motifs is 1. The molecule has 9 nitrogen and oxygen atoms in total. The lowest BCUT2D eigenvalue weighted by molar-refractivity contribution is 0.444. The Kier molecular flexibility index (Phi) is 7.15. The second kappa shape index (κ2) is 10.5. The summed E-state index contributed by atoms with van der Waals surface area (Å²) in [6, 6.07) is 22.9. The Hall–Kier alpha value is -3.45. The van der Waals surface area contributed by atoms with E-state index in [1.54, 1.807) is 12.1 Å². The highest BCUT2D eigenvalue weighted by Crippen LogP contribution is 2.38. The largest absolute Gasteiger partial charge is 0.422 e. The number of rotatable bonds is 9. The van der Waals surface area contributed by atoms with E-state index in [1.165, 1.54) is 11.3 Å². The van der Waals surface area contributed by atoms with Crippen LogP contribution in [-0.2, 0) is 33.0 Å². The van der Waals surface area contributed by atoms with Crippen molar-refractivity contribution >= 4 is 42.3 Å². The van der Waals surface area contributed by atoms with Crippen LogP contribution in [0, 0.1) is 6.92 Å². The lowest BCUT2D eigenvalue weighted by atomic mass is 10.1. The third kappa shape index (κ3) is 5.62. The summed E-state index contributed by atoms with van der Waals surface area (Å²) in [6.07, 6.45) is 0. The quantitative estimate of drug-likeness (QED) is 0.262. The summed E-state index contributed by atoms with van der Waals surface area (Å²) in [5, 5.41) is 6.80. The first kappa shape index (κ1) is 25.2. The van der Waals surface area contributed by atoms with Crippen LogP contribution in [0.25, 0.3) is 21.3 Å². The van der Waals surface area contributed by atoms with Crippen molar-refractivity contribution in [1.29, 1.82) is 0 Å². The molecule has 0 amide bonds. The molecule has 1 unspecified atom stereocenters. The van der Waals surface area contributed by atoms with Gasteiger partial charge in [-0.3, -0.25) is 0 Å². The average Bonchev–Trinajstić information content (AvgIpc) is 3.51. The molecule has 12 heteroatoms. The summed E-state index contributed by atoms with van der Waals surface area (Å²) in [5.41, 5.74) is 4.18. The molecule has 0 saturated carbocycles. The van der Waals surface area contributed by atoms with Crippen LogP contribution in [0.5, 0.6) is 0 Å². The predicted octanol–water partition coefficient (Wildman–Crippen LogP) is 3.98. The van der Waals surface area contributed by atoms with E-state index in [1.807, 2.05) is 67.6 Å². The van der Waals surface area contributed by atoms with E-state index in [0.29, 0.717) is 16.1 Å². The molecule has 0 bridgehead atoms. The van der Waals surface area contributed by atoms with Gasteiger partial charge >= 0.3 is 0 Å². The maximum absolute atomic E-state index is 13.8. The molecule has 2 heterocycles. The SMILES string of the molecule is Cc1ccccc1CS(=O)(=O)C(c1nnc(CN[SH](=O)=O)o1)c1nc2ccc(-c3ccccc3)cc2s1. The molecule has 0 saturated heterocycles. The molecule has 5 rings (SSSR count). The van der Waals surface area contributed by atoms with Gasteiger partial charge in [0, 0.05) is 0 Å². The number of hydrogen-bond acceptors (Lipinski definition) is 9. The number of aryl methyl sites for hydroxylation is 1. The minimum Gasteiger partial charge on any atom is -0.422 e. The van der Waals surface area contributed by atoms with Crippen LogP contribution >= 0.6 is 11.3 Å². The van der Waals surface area contributed by atoms with Gasteiger partial charge in [0.15, 0.2) is 15.1 Å². The molecule has 0 fully saturated rings. The first-order chi connectivity index (χ1) is 17.8. The van der Waals surface area contributed by atoms with Crippen LogP contribution < -0.4 is 4.72 Å². The van der Waals surface area contributed by atoms with Crippen LogP contribution in [0.15, 0.2) is 77.2 Å². The molecule has 1 N–H and O–H groups in total. The van der Waals surface area contributed by atoms with Gasteiger partial charge in [0.2, 0.25) is 22.7 Å². The number of nitrogens with zero attached hydrogens (tertiary/aromatic N) is 3. The van der Waals surface area contributed by atoms with Crippen LogP contribution in [0.1, 0.15) is 33.2 Å². The van der Waals surface area contributed by atoms with Crippen molar-refractivity contribution in [2.45, 2.75) is 24.5 Å². The van der Waals surface area contributed by atoms with E-state index in [9.17, 15) is 16.8 Å². The third-order valence-electron chi connectivity index (χ3n) is 5.78. The number of thiazole rings is 1. The standard InChI is InChI=1S/C25H22N4O5S3/c1-16-7-5-6-10-19(16)15-37(32,33)23(24-29-28-22(34-24)14-26-36(30)31)25-27-20-12-11-18(13-21(20)35-25)17-8-3-2-4-9-17/h2-13,23,36H,14-15H2,1H3,(H,26,30,31). The van der Waals surface area contributed by atoms with Gasteiger partial charge in [-0.2, -0.15) is 0 Å². The summed E-state index contributed by atoms with van der Waals surface area (Å²) < 4.78 is 58.0. The topological polar surface area (TPSA) is 132 Å². The van der Waals surface area contributed by atoms with Crippen molar-refractivity contribution in [2.75, 3.05) is 0 Å². The van der Waals surface area contributed by atoms with Crippen LogP contribution in [0.4, 0.5) is 0 Å². The number of benzene rings is 3. The first-order valence-electron chi connectivity index (χ1n) is 11.2. The number of hydrogen-bond donors (Lipinski definition) is 2. The molecule has 1 atom stereocenters. The van der Waals surface area contributed by atoms with Gasteiger partial charge in [-0.15, -0.1) is 21.5 Å². The van der Waals surface area contributed by atoms with E-state index in [4.69, 9.17) is 4.42 Å². The van der Waals surface area contributed by atoms with E-state index in [-0.39, 0.29) is 24.1 Å². The second-order valence-electron chi connectivity index (χ2n) is 8.34. The fourth-order valence-electron chi connectivity index (χ4n) is 3.93. The van der Waals surface area contributed by atoms with E-state index in [2.05, 4.69) is 19.9 Å². The zero-order valence-corrected chi connectivity index (χ0v) is 22.1. The lowest BCUT2D eigenvalue weighted by Crippen LogP contribution is -2.18. The Morgan fingerprint density at radius 2 is 1.73 bits per heavy atom. The average molecular weight is 555 g/mol. The zero-order valence-electron chi connectivity index (χ0n) is 19.6. The molecular weight excluding hydrogens is 532 g/mol. The van der Waals surface area contributed by atoms with Crippen molar-refractivity contribution in [3.05, 3.63) is 101 Å². The van der Waals surface area contributed by atoms with E-state index >= 15 is 0 Å². The number of sulfone groups is 1. The molecule has 0 radical (unpaired) electrons. The van der Waals surface area contributed by atoms with Crippen molar-refractivity contribution in [2.24, 2.45) is 0 Å². The molecule has 37 heavy (non-hydrogen) atoms. The highest BCUT2D eigenvalue weighted by atomic mass is 32.2. The normalized spacial score (nSPS) is 12.8. The third-order valence-corrected chi connectivity index (χ3v) is 9.28. The Morgan fingerprint density at radius 3 is 2.49 bits per heavy atom. The Morgan fingerprint density at radius 1 is 0.973 bits per heavy atom. The van der Waals surface area contributed by atoms with Crippen molar-refractivity contribution in [3.8, 4) is 11.1 Å². The van der Waals surface area contributed by atoms with E-state index < -0.39 is 26.0 Å². The lowest BCUT2D eigenvalue weighted by Gasteiger charge is -2.13. The fraction of sp³-hybridized carbons (Fsp3) is 0.160. The molecule has 2 aromatic heterocycles. The summed E-state index contributed by atoms with van der Waals surface area (Å²) in [4.78, 5) is 4.64. The van der Waals surface area contributed by atoms with Gasteiger partial charge in [0.05, 0.1) is 22.5 Å². The summed E-state index contributed by atoms with van der Waals surface area (Å²) in [7, 11) is -6.80. The van der Waals surface area contributed by atoms with Gasteiger partial charge in [0.1, 0.15) is 5.01 Å². The summed E-state index contributed by atoms with van der Waals surface area (Å²) >= 11 is 1.25. The van der Waals surface area contributed by atoms with Crippen molar-refractivity contribution in [1.82, 2.24) is 19.9 Å².